The van der Waals surface area contributed by atoms with E-state index in [1.54, 1.807) is 12.1 Å². The molecule has 0 aliphatic rings. The SMILES string of the molecule is CCN(C)CCNc1ccc(C(N)=O)nn1. The van der Waals surface area contributed by atoms with Crippen molar-refractivity contribution in [1.82, 2.24) is 15.1 Å². The van der Waals surface area contributed by atoms with Gasteiger partial charge in [0.25, 0.3) is 5.91 Å². The fraction of sp³-hybridized carbons (Fsp3) is 0.500. The number of likely N-dealkylation sites (N-methyl/N-ethyl adjacent to an activating group) is 1. The second kappa shape index (κ2) is 6.02. The summed E-state index contributed by atoms with van der Waals surface area (Å²) in [6.07, 6.45) is 0. The Labute approximate surface area is 94.8 Å². The van der Waals surface area contributed by atoms with Crippen molar-refractivity contribution < 1.29 is 4.79 Å². The van der Waals surface area contributed by atoms with Crippen LogP contribution in [0.5, 0.6) is 0 Å². The third kappa shape index (κ3) is 3.82. The first-order valence-electron chi connectivity index (χ1n) is 5.19. The number of nitrogens with two attached hydrogens (primary N) is 1. The largest absolute Gasteiger partial charge is 0.367 e. The third-order valence-electron chi connectivity index (χ3n) is 2.26. The molecule has 0 saturated carbocycles. The van der Waals surface area contributed by atoms with Crippen LogP contribution in [0.25, 0.3) is 0 Å². The summed E-state index contributed by atoms with van der Waals surface area (Å²) in [5.74, 6) is 0.0827. The van der Waals surface area contributed by atoms with Crippen LogP contribution >= 0.6 is 0 Å². The van der Waals surface area contributed by atoms with E-state index in [2.05, 4.69) is 27.3 Å². The van der Waals surface area contributed by atoms with E-state index in [-0.39, 0.29) is 5.69 Å². The molecule has 0 atom stereocenters. The Kier molecular flexibility index (Phi) is 4.65. The lowest BCUT2D eigenvalue weighted by molar-refractivity contribution is 0.0994. The lowest BCUT2D eigenvalue weighted by Gasteiger charge is -2.13. The number of hydrogen-bond acceptors (Lipinski definition) is 5. The van der Waals surface area contributed by atoms with E-state index >= 15 is 0 Å². The summed E-state index contributed by atoms with van der Waals surface area (Å²) in [6, 6.07) is 3.25. The Morgan fingerprint density at radius 1 is 1.50 bits per heavy atom. The number of anilines is 1. The smallest absolute Gasteiger partial charge is 0.269 e. The molecule has 1 aromatic rings. The first kappa shape index (κ1) is 12.4. The van der Waals surface area contributed by atoms with Crippen LogP contribution in [-0.4, -0.2) is 47.7 Å². The molecule has 1 aromatic heterocycles. The molecule has 0 unspecified atom stereocenters. The number of carbonyl (C=O) groups is 1. The Morgan fingerprint density at radius 3 is 2.75 bits per heavy atom. The molecule has 0 bridgehead atoms. The van der Waals surface area contributed by atoms with Crippen molar-refractivity contribution in [3.63, 3.8) is 0 Å². The maximum Gasteiger partial charge on any atom is 0.269 e. The zero-order valence-electron chi connectivity index (χ0n) is 9.60. The maximum absolute atomic E-state index is 10.7. The molecule has 0 spiro atoms. The van der Waals surface area contributed by atoms with Crippen molar-refractivity contribution in [2.45, 2.75) is 6.92 Å². The lowest BCUT2D eigenvalue weighted by Crippen LogP contribution is -2.25. The fourth-order valence-electron chi connectivity index (χ4n) is 1.09. The predicted octanol–water partition coefficient (Wildman–Crippen LogP) is -0.0609. The molecule has 0 fully saturated rings. The minimum absolute atomic E-state index is 0.177. The van der Waals surface area contributed by atoms with Gasteiger partial charge in [-0.1, -0.05) is 6.92 Å². The molecule has 0 radical (unpaired) electrons. The van der Waals surface area contributed by atoms with Gasteiger partial charge >= 0.3 is 0 Å². The minimum atomic E-state index is -0.565. The van der Waals surface area contributed by atoms with Gasteiger partial charge in [0.1, 0.15) is 5.82 Å². The van der Waals surface area contributed by atoms with Crippen molar-refractivity contribution in [2.75, 3.05) is 32.0 Å². The van der Waals surface area contributed by atoms with E-state index in [1.807, 2.05) is 7.05 Å². The second-order valence-corrected chi connectivity index (χ2v) is 3.49. The summed E-state index contributed by atoms with van der Waals surface area (Å²) < 4.78 is 0. The normalized spacial score (nSPS) is 10.4. The number of aromatic nitrogens is 2. The van der Waals surface area contributed by atoms with Crippen LogP contribution in [0.4, 0.5) is 5.82 Å². The molecule has 6 heteroatoms. The minimum Gasteiger partial charge on any atom is -0.367 e. The first-order valence-corrected chi connectivity index (χ1v) is 5.19. The Bertz CT molecular complexity index is 338. The van der Waals surface area contributed by atoms with E-state index in [9.17, 15) is 4.79 Å². The number of amides is 1. The quantitative estimate of drug-likeness (QED) is 0.705. The Morgan fingerprint density at radius 2 is 2.25 bits per heavy atom. The molecule has 88 valence electrons. The summed E-state index contributed by atoms with van der Waals surface area (Å²) in [6.45, 7) is 4.82. The number of nitrogens with one attached hydrogen (secondary N) is 1. The highest BCUT2D eigenvalue weighted by molar-refractivity contribution is 5.90. The van der Waals surface area contributed by atoms with Crippen LogP contribution in [0.3, 0.4) is 0 Å². The predicted molar refractivity (Wildman–Crippen MR) is 62.2 cm³/mol. The van der Waals surface area contributed by atoms with Gasteiger partial charge in [0.15, 0.2) is 5.69 Å². The van der Waals surface area contributed by atoms with Gasteiger partial charge in [-0.3, -0.25) is 4.79 Å². The molecule has 1 heterocycles. The fourth-order valence-corrected chi connectivity index (χ4v) is 1.09. The van der Waals surface area contributed by atoms with E-state index in [0.29, 0.717) is 5.82 Å². The van der Waals surface area contributed by atoms with Crippen molar-refractivity contribution in [1.29, 1.82) is 0 Å². The van der Waals surface area contributed by atoms with Gasteiger partial charge in [-0.15, -0.1) is 10.2 Å². The van der Waals surface area contributed by atoms with Crippen LogP contribution < -0.4 is 11.1 Å². The molecule has 0 aromatic carbocycles. The van der Waals surface area contributed by atoms with Gasteiger partial charge in [0, 0.05) is 13.1 Å². The van der Waals surface area contributed by atoms with E-state index in [0.717, 1.165) is 19.6 Å². The highest BCUT2D eigenvalue weighted by Gasteiger charge is 2.02. The van der Waals surface area contributed by atoms with Crippen molar-refractivity contribution in [3.05, 3.63) is 17.8 Å². The zero-order chi connectivity index (χ0) is 12.0. The molecule has 16 heavy (non-hydrogen) atoms. The average molecular weight is 223 g/mol. The molecular weight excluding hydrogens is 206 g/mol. The van der Waals surface area contributed by atoms with Gasteiger partial charge in [-0.25, -0.2) is 0 Å². The van der Waals surface area contributed by atoms with Crippen LogP contribution in [-0.2, 0) is 0 Å². The van der Waals surface area contributed by atoms with E-state index in [4.69, 9.17) is 5.73 Å². The Balaban J connectivity index is 2.40. The van der Waals surface area contributed by atoms with E-state index in [1.165, 1.54) is 0 Å². The van der Waals surface area contributed by atoms with Crippen LogP contribution in [0.15, 0.2) is 12.1 Å². The van der Waals surface area contributed by atoms with E-state index < -0.39 is 5.91 Å². The van der Waals surface area contributed by atoms with Crippen molar-refractivity contribution in [2.24, 2.45) is 5.73 Å². The number of hydrogen-bond donors (Lipinski definition) is 2. The summed E-state index contributed by atoms with van der Waals surface area (Å²) in [5.41, 5.74) is 5.23. The summed E-state index contributed by atoms with van der Waals surface area (Å²) >= 11 is 0. The average Bonchev–Trinajstić information content (AvgIpc) is 2.29. The van der Waals surface area contributed by atoms with Crippen LogP contribution in [0.2, 0.25) is 0 Å². The van der Waals surface area contributed by atoms with Gasteiger partial charge in [-0.2, -0.15) is 0 Å². The molecule has 0 aliphatic carbocycles. The van der Waals surface area contributed by atoms with Gasteiger partial charge in [0.2, 0.25) is 0 Å². The summed E-state index contributed by atoms with van der Waals surface area (Å²) in [7, 11) is 2.05. The topological polar surface area (TPSA) is 84.1 Å². The molecule has 3 N–H and O–H groups in total. The van der Waals surface area contributed by atoms with Crippen LogP contribution in [0, 0.1) is 0 Å². The molecule has 6 nitrogen and oxygen atoms in total. The van der Waals surface area contributed by atoms with Gasteiger partial charge < -0.3 is 16.0 Å². The summed E-state index contributed by atoms with van der Waals surface area (Å²) in [4.78, 5) is 12.9. The zero-order valence-corrected chi connectivity index (χ0v) is 9.60. The highest BCUT2D eigenvalue weighted by Crippen LogP contribution is 2.00. The van der Waals surface area contributed by atoms with Crippen molar-refractivity contribution >= 4 is 11.7 Å². The molecule has 1 amide bonds. The monoisotopic (exact) mass is 223 g/mol. The third-order valence-corrected chi connectivity index (χ3v) is 2.26. The first-order chi connectivity index (χ1) is 7.63. The van der Waals surface area contributed by atoms with Gasteiger partial charge in [-0.05, 0) is 25.7 Å². The number of rotatable bonds is 6. The molecular formula is C10H17N5O. The number of nitrogens with zero attached hydrogens (tertiary/aromatic N) is 3. The molecule has 0 saturated heterocycles. The standard InChI is InChI=1S/C10H17N5O/c1-3-15(2)7-6-12-9-5-4-8(10(11)16)13-14-9/h4-5H,3,6-7H2,1-2H3,(H2,11,16)(H,12,14). The number of primary amides is 1. The van der Waals surface area contributed by atoms with Crippen LogP contribution in [0.1, 0.15) is 17.4 Å². The molecule has 0 aliphatic heterocycles. The highest BCUT2D eigenvalue weighted by atomic mass is 16.1. The number of carbonyl (C=O) groups excluding carboxylic acids is 1. The lowest BCUT2D eigenvalue weighted by atomic mass is 10.4. The summed E-state index contributed by atoms with van der Waals surface area (Å²) in [5, 5.41) is 10.6. The van der Waals surface area contributed by atoms with Gasteiger partial charge in [0.05, 0.1) is 0 Å². The Hall–Kier alpha value is -1.69. The second-order valence-electron chi connectivity index (χ2n) is 3.49. The maximum atomic E-state index is 10.7. The van der Waals surface area contributed by atoms with Crippen molar-refractivity contribution in [3.8, 4) is 0 Å². The molecule has 1 rings (SSSR count).